The largest absolute Gasteiger partial charge is 0.462 e. The van der Waals surface area contributed by atoms with Crippen molar-refractivity contribution in [3.63, 3.8) is 0 Å². The number of allylic oxidation sites excluding steroid dienone is 12. The summed E-state index contributed by atoms with van der Waals surface area (Å²) in [5.74, 6) is -0.683. The number of carbonyl (C=O) groups is 2. The van der Waals surface area contributed by atoms with E-state index in [-0.39, 0.29) is 25.2 Å². The van der Waals surface area contributed by atoms with Crippen LogP contribution in [0.2, 0.25) is 0 Å². The molecule has 0 bridgehead atoms. The van der Waals surface area contributed by atoms with Crippen LogP contribution in [0.25, 0.3) is 0 Å². The van der Waals surface area contributed by atoms with E-state index in [9.17, 15) is 14.7 Å². The van der Waals surface area contributed by atoms with Gasteiger partial charge >= 0.3 is 11.9 Å². The van der Waals surface area contributed by atoms with Crippen LogP contribution in [0.1, 0.15) is 104 Å². The Morgan fingerprint density at radius 1 is 0.632 bits per heavy atom. The molecule has 0 aromatic carbocycles. The lowest BCUT2D eigenvalue weighted by molar-refractivity contribution is -0.161. The smallest absolute Gasteiger partial charge is 0.306 e. The Morgan fingerprint density at radius 3 is 1.68 bits per heavy atom. The third kappa shape index (κ3) is 26.4. The van der Waals surface area contributed by atoms with Crippen molar-refractivity contribution in [2.45, 2.75) is 110 Å². The molecule has 0 rings (SSSR count). The second-order valence-electron chi connectivity index (χ2n) is 9.21. The van der Waals surface area contributed by atoms with Crippen molar-refractivity contribution in [1.82, 2.24) is 0 Å². The SMILES string of the molecule is CC/C=C/C=C/C=C/C=C/CCCCCC(=O)OCC(CO)OC(=O)CCCCC/C=C/C=C/CCCC. The summed E-state index contributed by atoms with van der Waals surface area (Å²) >= 11 is 0. The van der Waals surface area contributed by atoms with Gasteiger partial charge in [-0.15, -0.1) is 0 Å². The molecule has 0 fully saturated rings. The van der Waals surface area contributed by atoms with Gasteiger partial charge in [0.1, 0.15) is 6.61 Å². The minimum Gasteiger partial charge on any atom is -0.462 e. The van der Waals surface area contributed by atoms with E-state index in [4.69, 9.17) is 9.47 Å². The minimum atomic E-state index is -0.801. The molecule has 0 heterocycles. The van der Waals surface area contributed by atoms with Crippen molar-refractivity contribution in [1.29, 1.82) is 0 Å². The first-order valence-corrected chi connectivity index (χ1v) is 14.6. The molecule has 0 aromatic heterocycles. The molecule has 0 aromatic rings. The van der Waals surface area contributed by atoms with Gasteiger partial charge in [0.05, 0.1) is 6.61 Å². The maximum atomic E-state index is 12.0. The highest BCUT2D eigenvalue weighted by molar-refractivity contribution is 5.70. The maximum absolute atomic E-state index is 12.0. The summed E-state index contributed by atoms with van der Waals surface area (Å²) in [4.78, 5) is 24.0. The van der Waals surface area contributed by atoms with Gasteiger partial charge in [0, 0.05) is 12.8 Å². The standard InChI is InChI=1S/C33H52O5/c1-3-5-7-9-11-13-15-16-18-19-21-23-25-27-32(35)37-30-31(29-34)38-33(36)28-26-24-22-20-17-14-12-10-8-6-4-2/h5,7,9-18,31,34H,3-4,6,8,19-30H2,1-2H3/b7-5+,11-9+,12-10+,15-13+,17-14+,18-16+. The second kappa shape index (κ2) is 28.9. The maximum Gasteiger partial charge on any atom is 0.306 e. The Labute approximate surface area is 232 Å². The van der Waals surface area contributed by atoms with Gasteiger partial charge in [-0.1, -0.05) is 112 Å². The van der Waals surface area contributed by atoms with Crippen molar-refractivity contribution in [3.8, 4) is 0 Å². The van der Waals surface area contributed by atoms with Crippen molar-refractivity contribution >= 4 is 11.9 Å². The van der Waals surface area contributed by atoms with Crippen LogP contribution in [0.3, 0.4) is 0 Å². The molecule has 0 radical (unpaired) electrons. The summed E-state index contributed by atoms with van der Waals surface area (Å²) in [6.45, 7) is 3.84. The van der Waals surface area contributed by atoms with E-state index in [0.717, 1.165) is 64.2 Å². The van der Waals surface area contributed by atoms with E-state index in [2.05, 4.69) is 50.3 Å². The summed E-state index contributed by atoms with van der Waals surface area (Å²) < 4.78 is 10.4. The van der Waals surface area contributed by atoms with E-state index in [1.165, 1.54) is 12.8 Å². The Morgan fingerprint density at radius 2 is 1.13 bits per heavy atom. The predicted molar refractivity (Wildman–Crippen MR) is 159 cm³/mol. The first kappa shape index (κ1) is 35.3. The number of hydrogen-bond donors (Lipinski definition) is 1. The van der Waals surface area contributed by atoms with Gasteiger partial charge in [0.2, 0.25) is 0 Å². The Balaban J connectivity index is 3.78. The van der Waals surface area contributed by atoms with Crippen LogP contribution >= 0.6 is 0 Å². The highest BCUT2D eigenvalue weighted by Gasteiger charge is 2.15. The lowest BCUT2D eigenvalue weighted by Gasteiger charge is -2.15. The van der Waals surface area contributed by atoms with Crippen molar-refractivity contribution in [2.75, 3.05) is 13.2 Å². The molecule has 5 heteroatoms. The summed E-state index contributed by atoms with van der Waals surface area (Å²) in [5, 5.41) is 9.45. The highest BCUT2D eigenvalue weighted by Crippen LogP contribution is 2.08. The first-order chi connectivity index (χ1) is 18.6. The van der Waals surface area contributed by atoms with Crippen molar-refractivity contribution in [2.24, 2.45) is 0 Å². The molecule has 0 saturated heterocycles. The van der Waals surface area contributed by atoms with Crippen LogP contribution < -0.4 is 0 Å². The zero-order valence-electron chi connectivity index (χ0n) is 23.9. The summed E-state index contributed by atoms with van der Waals surface area (Å²) in [5.41, 5.74) is 0. The minimum absolute atomic E-state index is 0.102. The number of unbranched alkanes of at least 4 members (excludes halogenated alkanes) is 8. The average Bonchev–Trinajstić information content (AvgIpc) is 2.92. The van der Waals surface area contributed by atoms with Crippen LogP contribution in [-0.4, -0.2) is 36.4 Å². The van der Waals surface area contributed by atoms with Crippen LogP contribution in [0.5, 0.6) is 0 Å². The third-order valence-corrected chi connectivity index (χ3v) is 5.61. The topological polar surface area (TPSA) is 72.8 Å². The van der Waals surface area contributed by atoms with Crippen molar-refractivity contribution in [3.05, 3.63) is 72.9 Å². The molecule has 1 unspecified atom stereocenters. The van der Waals surface area contributed by atoms with Crippen LogP contribution in [0.15, 0.2) is 72.9 Å². The molecule has 5 nitrogen and oxygen atoms in total. The monoisotopic (exact) mass is 528 g/mol. The Hall–Kier alpha value is -2.66. The number of aliphatic hydroxyl groups is 1. The van der Waals surface area contributed by atoms with Gasteiger partial charge in [-0.2, -0.15) is 0 Å². The zero-order valence-corrected chi connectivity index (χ0v) is 23.9. The fraction of sp³-hybridized carbons (Fsp3) is 0.576. The van der Waals surface area contributed by atoms with Crippen LogP contribution in [0.4, 0.5) is 0 Å². The van der Waals surface area contributed by atoms with Crippen LogP contribution in [-0.2, 0) is 19.1 Å². The van der Waals surface area contributed by atoms with E-state index >= 15 is 0 Å². The molecule has 0 amide bonds. The zero-order chi connectivity index (χ0) is 27.9. The number of aliphatic hydroxyl groups excluding tert-OH is 1. The molecule has 0 spiro atoms. The molecule has 1 atom stereocenters. The van der Waals surface area contributed by atoms with Crippen molar-refractivity contribution < 1.29 is 24.2 Å². The normalized spacial score (nSPS) is 13.2. The average molecular weight is 529 g/mol. The number of rotatable bonds is 24. The van der Waals surface area contributed by atoms with E-state index in [0.29, 0.717) is 12.8 Å². The van der Waals surface area contributed by atoms with Gasteiger partial charge in [-0.3, -0.25) is 9.59 Å². The summed E-state index contributed by atoms with van der Waals surface area (Å²) in [6, 6.07) is 0. The molecular formula is C33H52O5. The number of hydrogen-bond acceptors (Lipinski definition) is 5. The van der Waals surface area contributed by atoms with Crippen LogP contribution in [0, 0.1) is 0 Å². The lowest BCUT2D eigenvalue weighted by Crippen LogP contribution is -2.28. The number of ether oxygens (including phenoxy) is 2. The van der Waals surface area contributed by atoms with E-state index in [1.807, 2.05) is 36.5 Å². The molecule has 0 aliphatic heterocycles. The quantitative estimate of drug-likeness (QED) is 0.0775. The van der Waals surface area contributed by atoms with Gasteiger partial charge < -0.3 is 14.6 Å². The molecule has 38 heavy (non-hydrogen) atoms. The van der Waals surface area contributed by atoms with Gasteiger partial charge in [-0.25, -0.2) is 0 Å². The fourth-order valence-electron chi connectivity index (χ4n) is 3.36. The van der Waals surface area contributed by atoms with Gasteiger partial charge in [-0.05, 0) is 51.4 Å². The predicted octanol–water partition coefficient (Wildman–Crippen LogP) is 8.27. The van der Waals surface area contributed by atoms with Gasteiger partial charge in [0.15, 0.2) is 6.10 Å². The number of carbonyl (C=O) groups excluding carboxylic acids is 2. The molecular weight excluding hydrogens is 476 g/mol. The molecule has 1 N–H and O–H groups in total. The first-order valence-electron chi connectivity index (χ1n) is 14.6. The highest BCUT2D eigenvalue weighted by atomic mass is 16.6. The fourth-order valence-corrected chi connectivity index (χ4v) is 3.36. The summed E-state index contributed by atoms with van der Waals surface area (Å²) in [6.07, 6.45) is 36.7. The van der Waals surface area contributed by atoms with E-state index < -0.39 is 6.10 Å². The Kier molecular flexibility index (Phi) is 26.9. The second-order valence-corrected chi connectivity index (χ2v) is 9.21. The number of esters is 2. The lowest BCUT2D eigenvalue weighted by atomic mass is 10.1. The van der Waals surface area contributed by atoms with E-state index in [1.54, 1.807) is 0 Å². The summed E-state index contributed by atoms with van der Waals surface area (Å²) in [7, 11) is 0. The molecule has 0 aliphatic rings. The van der Waals surface area contributed by atoms with Gasteiger partial charge in [0.25, 0.3) is 0 Å². The Bertz CT molecular complexity index is 742. The molecule has 0 saturated carbocycles. The molecule has 214 valence electrons. The molecule has 0 aliphatic carbocycles. The third-order valence-electron chi connectivity index (χ3n) is 5.61.